The molecule has 6 heteroatoms. The van der Waals surface area contributed by atoms with Crippen molar-refractivity contribution in [2.75, 3.05) is 32.7 Å². The Kier molecular flexibility index (Phi) is 4.58. The molecule has 1 N–H and O–H groups in total. The van der Waals surface area contributed by atoms with Crippen LogP contribution in [0.4, 0.5) is 0 Å². The molecule has 6 nitrogen and oxygen atoms in total. The lowest BCUT2D eigenvalue weighted by Crippen LogP contribution is -2.54. The number of nitrogens with zero attached hydrogens (tertiary/aromatic N) is 3. The predicted octanol–water partition coefficient (Wildman–Crippen LogP) is 0.595. The molecule has 1 aromatic carbocycles. The van der Waals surface area contributed by atoms with E-state index in [-0.39, 0.29) is 17.9 Å². The van der Waals surface area contributed by atoms with Gasteiger partial charge in [-0.3, -0.25) is 9.59 Å². The fourth-order valence-electron chi connectivity index (χ4n) is 3.12. The molecule has 1 unspecified atom stereocenters. The highest BCUT2D eigenvalue weighted by Crippen LogP contribution is 2.13. The Bertz CT molecular complexity index is 621. The lowest BCUT2D eigenvalue weighted by Gasteiger charge is -2.36. The number of amides is 2. The Hall–Kier alpha value is -2.39. The Labute approximate surface area is 135 Å². The van der Waals surface area contributed by atoms with E-state index >= 15 is 0 Å². The molecule has 2 saturated heterocycles. The molecule has 0 saturated carbocycles. The van der Waals surface area contributed by atoms with E-state index in [4.69, 9.17) is 5.26 Å². The maximum Gasteiger partial charge on any atom is 0.253 e. The largest absolute Gasteiger partial charge is 0.338 e. The molecule has 2 aliphatic heterocycles. The van der Waals surface area contributed by atoms with Gasteiger partial charge in [-0.25, -0.2) is 0 Å². The molecule has 2 heterocycles. The summed E-state index contributed by atoms with van der Waals surface area (Å²) in [7, 11) is 0. The molecule has 2 fully saturated rings. The van der Waals surface area contributed by atoms with Crippen LogP contribution < -0.4 is 5.32 Å². The minimum absolute atomic E-state index is 0.0411. The van der Waals surface area contributed by atoms with Gasteiger partial charge < -0.3 is 15.1 Å². The van der Waals surface area contributed by atoms with Crippen LogP contribution in [0.2, 0.25) is 0 Å². The lowest BCUT2D eigenvalue weighted by molar-refractivity contribution is -0.134. The minimum Gasteiger partial charge on any atom is -0.338 e. The van der Waals surface area contributed by atoms with Gasteiger partial charge in [-0.2, -0.15) is 5.26 Å². The minimum atomic E-state index is -0.0456. The lowest BCUT2D eigenvalue weighted by atomic mass is 10.1. The van der Waals surface area contributed by atoms with Crippen LogP contribution in [0.15, 0.2) is 24.3 Å². The van der Waals surface area contributed by atoms with Crippen LogP contribution >= 0.6 is 0 Å². The quantitative estimate of drug-likeness (QED) is 0.867. The third kappa shape index (κ3) is 3.35. The highest BCUT2D eigenvalue weighted by Gasteiger charge is 2.30. The van der Waals surface area contributed by atoms with Gasteiger partial charge >= 0.3 is 0 Å². The molecule has 0 spiro atoms. The fourth-order valence-corrected chi connectivity index (χ4v) is 3.12. The second-order valence-electron chi connectivity index (χ2n) is 5.96. The number of benzene rings is 1. The summed E-state index contributed by atoms with van der Waals surface area (Å²) >= 11 is 0. The van der Waals surface area contributed by atoms with Crippen molar-refractivity contribution in [2.24, 2.45) is 0 Å². The predicted molar refractivity (Wildman–Crippen MR) is 84.7 cm³/mol. The monoisotopic (exact) mass is 312 g/mol. The van der Waals surface area contributed by atoms with Gasteiger partial charge in [0.1, 0.15) is 0 Å². The van der Waals surface area contributed by atoms with Crippen LogP contribution in [-0.2, 0) is 4.79 Å². The zero-order chi connectivity index (χ0) is 16.2. The van der Waals surface area contributed by atoms with Crippen LogP contribution in [-0.4, -0.2) is 60.4 Å². The van der Waals surface area contributed by atoms with Crippen molar-refractivity contribution in [3.05, 3.63) is 35.4 Å². The van der Waals surface area contributed by atoms with Gasteiger partial charge in [-0.05, 0) is 43.7 Å². The van der Waals surface area contributed by atoms with Gasteiger partial charge in [0, 0.05) is 31.7 Å². The topological polar surface area (TPSA) is 76.4 Å². The van der Waals surface area contributed by atoms with E-state index in [0.717, 1.165) is 19.4 Å². The molecule has 3 rings (SSSR count). The summed E-state index contributed by atoms with van der Waals surface area (Å²) in [6, 6.07) is 8.66. The third-order valence-electron chi connectivity index (χ3n) is 4.50. The summed E-state index contributed by atoms with van der Waals surface area (Å²) < 4.78 is 0. The molecule has 120 valence electrons. The average molecular weight is 312 g/mol. The molecule has 2 aliphatic rings. The number of hydrogen-bond acceptors (Lipinski definition) is 4. The van der Waals surface area contributed by atoms with Crippen LogP contribution in [0.1, 0.15) is 28.8 Å². The Balaban J connectivity index is 1.56. The number of carbonyl (C=O) groups excluding carboxylic acids is 2. The first-order valence-corrected chi connectivity index (χ1v) is 8.00. The first kappa shape index (κ1) is 15.5. The van der Waals surface area contributed by atoms with E-state index in [9.17, 15) is 9.59 Å². The number of hydrogen-bond donors (Lipinski definition) is 1. The summed E-state index contributed by atoms with van der Waals surface area (Å²) in [5.41, 5.74) is 1.13. The molecule has 0 bridgehead atoms. The van der Waals surface area contributed by atoms with Crippen LogP contribution in [0.5, 0.6) is 0 Å². The maximum atomic E-state index is 12.5. The average Bonchev–Trinajstić information content (AvgIpc) is 3.15. The zero-order valence-corrected chi connectivity index (χ0v) is 13.0. The fraction of sp³-hybridized carbons (Fsp3) is 0.471. The summed E-state index contributed by atoms with van der Waals surface area (Å²) in [4.78, 5) is 28.4. The SMILES string of the molecule is N#Cc1ccc(C(=O)N2CCN(C(=O)C3CCCN3)CC2)cc1. The number of rotatable bonds is 2. The van der Waals surface area contributed by atoms with Crippen molar-refractivity contribution in [2.45, 2.75) is 18.9 Å². The van der Waals surface area contributed by atoms with Gasteiger partial charge in [-0.1, -0.05) is 0 Å². The molecule has 0 radical (unpaired) electrons. The van der Waals surface area contributed by atoms with Gasteiger partial charge in [-0.15, -0.1) is 0 Å². The molecular weight excluding hydrogens is 292 g/mol. The molecule has 0 aromatic heterocycles. The van der Waals surface area contributed by atoms with Gasteiger partial charge in [0.15, 0.2) is 0 Å². The normalized spacial score (nSPS) is 21.1. The first-order chi connectivity index (χ1) is 11.2. The smallest absolute Gasteiger partial charge is 0.253 e. The summed E-state index contributed by atoms with van der Waals surface area (Å²) in [6.07, 6.45) is 1.96. The van der Waals surface area contributed by atoms with Crippen molar-refractivity contribution < 1.29 is 9.59 Å². The van der Waals surface area contributed by atoms with E-state index < -0.39 is 0 Å². The standard InChI is InChI=1S/C17H20N4O2/c18-12-13-3-5-14(6-4-13)16(22)20-8-10-21(11-9-20)17(23)15-2-1-7-19-15/h3-6,15,19H,1-2,7-11H2. The van der Waals surface area contributed by atoms with Crippen molar-refractivity contribution in [3.8, 4) is 6.07 Å². The maximum absolute atomic E-state index is 12.5. The van der Waals surface area contributed by atoms with Crippen molar-refractivity contribution in [3.63, 3.8) is 0 Å². The summed E-state index contributed by atoms with van der Waals surface area (Å²) in [5, 5.41) is 12.0. The van der Waals surface area contributed by atoms with Gasteiger partial charge in [0.05, 0.1) is 17.7 Å². The third-order valence-corrected chi connectivity index (χ3v) is 4.50. The number of carbonyl (C=O) groups is 2. The van der Waals surface area contributed by atoms with Gasteiger partial charge in [0.25, 0.3) is 5.91 Å². The Morgan fingerprint density at radius 2 is 1.74 bits per heavy atom. The zero-order valence-electron chi connectivity index (χ0n) is 13.0. The van der Waals surface area contributed by atoms with Crippen LogP contribution in [0.25, 0.3) is 0 Å². The van der Waals surface area contributed by atoms with Crippen LogP contribution in [0.3, 0.4) is 0 Å². The summed E-state index contributed by atoms with van der Waals surface area (Å²) in [5.74, 6) is 0.119. The summed E-state index contributed by atoms with van der Waals surface area (Å²) in [6.45, 7) is 3.18. The molecule has 0 aliphatic carbocycles. The van der Waals surface area contributed by atoms with Crippen molar-refractivity contribution in [1.29, 1.82) is 5.26 Å². The number of nitrogens with one attached hydrogen (secondary N) is 1. The molecule has 1 aromatic rings. The van der Waals surface area contributed by atoms with E-state index in [1.54, 1.807) is 29.2 Å². The number of nitriles is 1. The van der Waals surface area contributed by atoms with Crippen molar-refractivity contribution >= 4 is 11.8 Å². The highest BCUT2D eigenvalue weighted by atomic mass is 16.2. The molecule has 2 amide bonds. The van der Waals surface area contributed by atoms with E-state index in [1.165, 1.54) is 0 Å². The molecule has 1 atom stereocenters. The van der Waals surface area contributed by atoms with E-state index in [2.05, 4.69) is 5.32 Å². The second-order valence-corrected chi connectivity index (χ2v) is 5.96. The van der Waals surface area contributed by atoms with E-state index in [0.29, 0.717) is 37.3 Å². The van der Waals surface area contributed by atoms with Crippen molar-refractivity contribution in [1.82, 2.24) is 15.1 Å². The van der Waals surface area contributed by atoms with Crippen LogP contribution in [0, 0.1) is 11.3 Å². The van der Waals surface area contributed by atoms with Gasteiger partial charge in [0.2, 0.25) is 5.91 Å². The molecular formula is C17H20N4O2. The highest BCUT2D eigenvalue weighted by molar-refractivity contribution is 5.94. The number of piperazine rings is 1. The first-order valence-electron chi connectivity index (χ1n) is 8.00. The Morgan fingerprint density at radius 1 is 1.09 bits per heavy atom. The Morgan fingerprint density at radius 3 is 2.30 bits per heavy atom. The molecule has 23 heavy (non-hydrogen) atoms. The second kappa shape index (κ2) is 6.80. The van der Waals surface area contributed by atoms with E-state index in [1.807, 2.05) is 11.0 Å².